The number of carboxylic acids is 1. The van der Waals surface area contributed by atoms with Crippen molar-refractivity contribution < 1.29 is 19.4 Å². The number of hydrogen-bond acceptors (Lipinski definition) is 3. The van der Waals surface area contributed by atoms with E-state index in [2.05, 4.69) is 5.32 Å². The first-order valence-corrected chi connectivity index (χ1v) is 6.02. The summed E-state index contributed by atoms with van der Waals surface area (Å²) in [7, 11) is 0. The number of carbonyl (C=O) groups is 1. The number of hydrogen-bond donors (Lipinski definition) is 3. The van der Waals surface area contributed by atoms with Gasteiger partial charge < -0.3 is 15.5 Å². The molecule has 0 bridgehead atoms. The predicted molar refractivity (Wildman–Crippen MR) is 65.2 cm³/mol. The Hall–Kier alpha value is -1.62. The molecule has 1 fully saturated rings. The average Bonchev–Trinajstić information content (AvgIpc) is 2.78. The van der Waals surface area contributed by atoms with Crippen LogP contribution < -0.4 is 5.32 Å². The van der Waals surface area contributed by atoms with Crippen LogP contribution in [0.1, 0.15) is 29.6 Å². The van der Waals surface area contributed by atoms with Gasteiger partial charge in [-0.05, 0) is 31.0 Å². The maximum atomic E-state index is 13.7. The fourth-order valence-electron chi connectivity index (χ4n) is 2.41. The minimum atomic E-state index is -1.14. The van der Waals surface area contributed by atoms with Crippen LogP contribution in [0.4, 0.5) is 10.1 Å². The lowest BCUT2D eigenvalue weighted by Crippen LogP contribution is -2.26. The molecule has 18 heavy (non-hydrogen) atoms. The van der Waals surface area contributed by atoms with E-state index in [1.807, 2.05) is 0 Å². The van der Waals surface area contributed by atoms with E-state index in [1.54, 1.807) is 0 Å². The van der Waals surface area contributed by atoms with Crippen molar-refractivity contribution >= 4 is 11.7 Å². The molecule has 2 atom stereocenters. The summed E-state index contributed by atoms with van der Waals surface area (Å²) in [5.41, 5.74) is 0.230. The summed E-state index contributed by atoms with van der Waals surface area (Å²) in [5, 5.41) is 21.0. The molecule has 1 saturated carbocycles. The molecule has 0 heterocycles. The molecule has 0 aliphatic heterocycles. The van der Waals surface area contributed by atoms with Crippen molar-refractivity contribution in [2.75, 3.05) is 11.9 Å². The number of aromatic carboxylic acids is 1. The van der Waals surface area contributed by atoms with Crippen LogP contribution >= 0.6 is 0 Å². The highest BCUT2D eigenvalue weighted by molar-refractivity contribution is 5.88. The van der Waals surface area contributed by atoms with Crippen molar-refractivity contribution in [3.8, 4) is 0 Å². The molecule has 4 nitrogen and oxygen atoms in total. The number of nitrogens with one attached hydrogen (secondary N) is 1. The van der Waals surface area contributed by atoms with E-state index in [-0.39, 0.29) is 24.1 Å². The third-order valence-corrected chi connectivity index (χ3v) is 3.45. The highest BCUT2D eigenvalue weighted by Gasteiger charge is 2.27. The molecule has 3 N–H and O–H groups in total. The lowest BCUT2D eigenvalue weighted by atomic mass is 10.0. The van der Waals surface area contributed by atoms with E-state index in [0.29, 0.717) is 5.69 Å². The van der Waals surface area contributed by atoms with Gasteiger partial charge in [0.25, 0.3) is 0 Å². The van der Waals surface area contributed by atoms with Crippen LogP contribution in [0.3, 0.4) is 0 Å². The molecule has 0 saturated heterocycles. The molecule has 0 spiro atoms. The van der Waals surface area contributed by atoms with E-state index < -0.39 is 11.8 Å². The summed E-state index contributed by atoms with van der Waals surface area (Å²) in [5.74, 6) is -1.57. The largest absolute Gasteiger partial charge is 0.478 e. The minimum Gasteiger partial charge on any atom is -0.478 e. The van der Waals surface area contributed by atoms with Gasteiger partial charge in [-0.3, -0.25) is 0 Å². The monoisotopic (exact) mass is 253 g/mol. The topological polar surface area (TPSA) is 69.6 Å². The van der Waals surface area contributed by atoms with Gasteiger partial charge in [0.2, 0.25) is 0 Å². The zero-order valence-corrected chi connectivity index (χ0v) is 9.90. The average molecular weight is 253 g/mol. The van der Waals surface area contributed by atoms with E-state index in [9.17, 15) is 14.3 Å². The summed E-state index contributed by atoms with van der Waals surface area (Å²) in [6.07, 6.45) is 2.84. The first kappa shape index (κ1) is 12.8. The van der Waals surface area contributed by atoms with Crippen molar-refractivity contribution in [1.29, 1.82) is 0 Å². The quantitative estimate of drug-likeness (QED) is 0.768. The summed E-state index contributed by atoms with van der Waals surface area (Å²) in [6.45, 7) is 0.0898. The summed E-state index contributed by atoms with van der Waals surface area (Å²) in [6, 6.07) is 3.87. The molecule has 98 valence electrons. The zero-order valence-electron chi connectivity index (χ0n) is 9.90. The molecule has 0 radical (unpaired) electrons. The fourth-order valence-corrected chi connectivity index (χ4v) is 2.41. The van der Waals surface area contributed by atoms with Crippen molar-refractivity contribution in [3.05, 3.63) is 29.6 Å². The van der Waals surface area contributed by atoms with Gasteiger partial charge in [0.05, 0.1) is 11.3 Å². The molecule has 5 heteroatoms. The Morgan fingerprint density at radius 3 is 2.83 bits per heavy atom. The van der Waals surface area contributed by atoms with E-state index >= 15 is 0 Å². The first-order chi connectivity index (χ1) is 8.61. The van der Waals surface area contributed by atoms with Crippen LogP contribution in [0, 0.1) is 11.7 Å². The van der Waals surface area contributed by atoms with Crippen molar-refractivity contribution in [2.24, 2.45) is 5.92 Å². The first-order valence-electron chi connectivity index (χ1n) is 6.02. The number of rotatable bonds is 4. The molecule has 2 unspecified atom stereocenters. The normalized spacial score (nSPS) is 23.0. The van der Waals surface area contributed by atoms with E-state index in [1.165, 1.54) is 12.1 Å². The highest BCUT2D eigenvalue weighted by atomic mass is 19.1. The third-order valence-electron chi connectivity index (χ3n) is 3.45. The molecular weight excluding hydrogens is 237 g/mol. The molecule has 2 rings (SSSR count). The van der Waals surface area contributed by atoms with Gasteiger partial charge >= 0.3 is 5.97 Å². The van der Waals surface area contributed by atoms with Crippen LogP contribution in [0.2, 0.25) is 0 Å². The number of aliphatic hydroxyl groups excluding tert-OH is 1. The molecule has 0 amide bonds. The van der Waals surface area contributed by atoms with Gasteiger partial charge in [-0.15, -0.1) is 0 Å². The standard InChI is InChI=1S/C13H16FNO3/c14-10-6-8(13(17)18)4-5-12(10)15-11-3-1-2-9(11)7-16/h4-6,9,11,15-16H,1-3,7H2,(H,17,18). The number of carboxylic acid groups (broad SMARTS) is 1. The van der Waals surface area contributed by atoms with Gasteiger partial charge in [-0.1, -0.05) is 6.42 Å². The lowest BCUT2D eigenvalue weighted by molar-refractivity contribution is 0.0696. The Balaban J connectivity index is 2.12. The SMILES string of the molecule is O=C(O)c1ccc(NC2CCCC2CO)c(F)c1. The number of benzene rings is 1. The molecule has 1 aromatic rings. The van der Waals surface area contributed by atoms with Crippen LogP contribution in [-0.2, 0) is 0 Å². The van der Waals surface area contributed by atoms with Crippen molar-refractivity contribution in [3.63, 3.8) is 0 Å². The summed E-state index contributed by atoms with van der Waals surface area (Å²) < 4.78 is 13.7. The zero-order chi connectivity index (χ0) is 13.1. The van der Waals surface area contributed by atoms with Crippen LogP contribution in [-0.4, -0.2) is 28.8 Å². The van der Waals surface area contributed by atoms with Crippen LogP contribution in [0.5, 0.6) is 0 Å². The number of halogens is 1. The van der Waals surface area contributed by atoms with Gasteiger partial charge in [0.15, 0.2) is 0 Å². The number of aliphatic hydroxyl groups is 1. The summed E-state index contributed by atoms with van der Waals surface area (Å²) in [4.78, 5) is 10.7. The number of anilines is 1. The second-order valence-corrected chi connectivity index (χ2v) is 4.62. The Bertz CT molecular complexity index is 450. The molecule has 1 aliphatic rings. The Morgan fingerprint density at radius 1 is 1.44 bits per heavy atom. The van der Waals surface area contributed by atoms with Crippen LogP contribution in [0.15, 0.2) is 18.2 Å². The molecular formula is C13H16FNO3. The van der Waals surface area contributed by atoms with Crippen molar-refractivity contribution in [2.45, 2.75) is 25.3 Å². The second kappa shape index (κ2) is 5.35. The van der Waals surface area contributed by atoms with Gasteiger partial charge in [-0.25, -0.2) is 9.18 Å². The molecule has 1 aliphatic carbocycles. The fraction of sp³-hybridized carbons (Fsp3) is 0.462. The minimum absolute atomic E-state index is 0.0557. The van der Waals surface area contributed by atoms with Gasteiger partial charge in [0, 0.05) is 18.6 Å². The molecule has 1 aromatic carbocycles. The van der Waals surface area contributed by atoms with E-state index in [0.717, 1.165) is 25.3 Å². The Kier molecular flexibility index (Phi) is 3.81. The maximum absolute atomic E-state index is 13.7. The second-order valence-electron chi connectivity index (χ2n) is 4.62. The smallest absolute Gasteiger partial charge is 0.335 e. The van der Waals surface area contributed by atoms with Gasteiger partial charge in [0.1, 0.15) is 5.82 Å². The Labute approximate surface area is 104 Å². The van der Waals surface area contributed by atoms with Gasteiger partial charge in [-0.2, -0.15) is 0 Å². The summed E-state index contributed by atoms with van der Waals surface area (Å²) >= 11 is 0. The lowest BCUT2D eigenvalue weighted by Gasteiger charge is -2.20. The van der Waals surface area contributed by atoms with Crippen molar-refractivity contribution in [1.82, 2.24) is 0 Å². The molecule has 0 aromatic heterocycles. The third kappa shape index (κ3) is 2.61. The Morgan fingerprint density at radius 2 is 2.22 bits per heavy atom. The maximum Gasteiger partial charge on any atom is 0.335 e. The van der Waals surface area contributed by atoms with E-state index in [4.69, 9.17) is 5.11 Å². The highest BCUT2D eigenvalue weighted by Crippen LogP contribution is 2.29. The predicted octanol–water partition coefficient (Wildman–Crippen LogP) is 2.10. The van der Waals surface area contributed by atoms with Crippen LogP contribution in [0.25, 0.3) is 0 Å².